The summed E-state index contributed by atoms with van der Waals surface area (Å²) in [5.41, 5.74) is 3.56. The van der Waals surface area contributed by atoms with E-state index in [9.17, 15) is 15.0 Å². The number of benzene rings is 3. The van der Waals surface area contributed by atoms with E-state index in [4.69, 9.17) is 0 Å². The van der Waals surface area contributed by atoms with E-state index in [0.717, 1.165) is 12.0 Å². The number of rotatable bonds is 7. The Morgan fingerprint density at radius 2 is 1.70 bits per heavy atom. The number of Topliss-reactive ketones (excluding diaryl/α,β-unsaturated/α-hetero) is 1. The van der Waals surface area contributed by atoms with Crippen molar-refractivity contribution in [2.45, 2.75) is 19.3 Å². The lowest BCUT2D eigenvalue weighted by molar-refractivity contribution is 0.0977. The van der Waals surface area contributed by atoms with Crippen molar-refractivity contribution < 1.29 is 15.0 Å². The van der Waals surface area contributed by atoms with E-state index in [1.165, 1.54) is 11.6 Å². The number of hydrogen-bond donors (Lipinski definition) is 2. The first-order chi connectivity index (χ1) is 14.6. The smallest absolute Gasteiger partial charge is 0.166 e. The fourth-order valence-corrected chi connectivity index (χ4v) is 3.28. The first-order valence-corrected chi connectivity index (χ1v) is 9.72. The molecule has 0 aliphatic rings. The van der Waals surface area contributed by atoms with Gasteiger partial charge in [0.1, 0.15) is 17.2 Å². The number of aromatic hydroxyl groups is 2. The zero-order valence-electron chi connectivity index (χ0n) is 16.3. The van der Waals surface area contributed by atoms with Gasteiger partial charge in [-0.2, -0.15) is 0 Å². The van der Waals surface area contributed by atoms with Crippen LogP contribution in [0.4, 0.5) is 0 Å². The van der Waals surface area contributed by atoms with Crippen LogP contribution in [0, 0.1) is 0 Å². The molecule has 4 aromatic rings. The van der Waals surface area contributed by atoms with E-state index in [0.29, 0.717) is 24.2 Å². The third-order valence-corrected chi connectivity index (χ3v) is 4.91. The molecule has 0 saturated heterocycles. The zero-order valence-corrected chi connectivity index (χ0v) is 16.3. The lowest BCUT2D eigenvalue weighted by Crippen LogP contribution is -2.03. The number of nitrogens with zero attached hydrogens (tertiary/aromatic N) is 3. The number of hydrogen-bond acceptors (Lipinski definition) is 5. The molecule has 4 rings (SSSR count). The summed E-state index contributed by atoms with van der Waals surface area (Å²) in [6.45, 7) is 0. The van der Waals surface area contributed by atoms with Crippen LogP contribution in [-0.4, -0.2) is 31.0 Å². The number of carbonyl (C=O) groups excluding carboxylic acids is 1. The summed E-state index contributed by atoms with van der Waals surface area (Å²) in [5.74, 6) is 0.0339. The second-order valence-corrected chi connectivity index (χ2v) is 7.06. The molecule has 0 aliphatic heterocycles. The van der Waals surface area contributed by atoms with Gasteiger partial charge in [0.2, 0.25) is 0 Å². The second kappa shape index (κ2) is 8.61. The van der Waals surface area contributed by atoms with Gasteiger partial charge < -0.3 is 10.2 Å². The Morgan fingerprint density at radius 1 is 0.933 bits per heavy atom. The molecule has 150 valence electrons. The van der Waals surface area contributed by atoms with E-state index >= 15 is 0 Å². The number of phenols is 2. The molecule has 0 saturated carbocycles. The van der Waals surface area contributed by atoms with E-state index in [1.54, 1.807) is 47.3 Å². The Bertz CT molecular complexity index is 1150. The van der Waals surface area contributed by atoms with Gasteiger partial charge in [-0.05, 0) is 60.9 Å². The zero-order chi connectivity index (χ0) is 20.9. The minimum absolute atomic E-state index is 0.0395. The van der Waals surface area contributed by atoms with Crippen molar-refractivity contribution in [3.8, 4) is 28.4 Å². The van der Waals surface area contributed by atoms with Gasteiger partial charge in [0, 0.05) is 12.0 Å². The third kappa shape index (κ3) is 4.38. The predicted molar refractivity (Wildman–Crippen MR) is 114 cm³/mol. The fourth-order valence-electron chi connectivity index (χ4n) is 3.28. The first-order valence-electron chi connectivity index (χ1n) is 9.72. The van der Waals surface area contributed by atoms with Gasteiger partial charge in [0.05, 0.1) is 17.4 Å². The molecule has 0 amide bonds. The number of aryl methyl sites for hydroxylation is 1. The summed E-state index contributed by atoms with van der Waals surface area (Å²) in [6.07, 6.45) is 3.61. The lowest BCUT2D eigenvalue weighted by atomic mass is 10.0. The predicted octanol–water partition coefficient (Wildman–Crippen LogP) is 4.55. The Morgan fingerprint density at radius 3 is 2.47 bits per heavy atom. The first kappa shape index (κ1) is 19.4. The Kier molecular flexibility index (Phi) is 5.57. The molecule has 0 fully saturated rings. The highest BCUT2D eigenvalue weighted by atomic mass is 16.3. The third-order valence-electron chi connectivity index (χ3n) is 4.91. The van der Waals surface area contributed by atoms with Crippen LogP contribution in [0.25, 0.3) is 16.9 Å². The molecule has 0 unspecified atom stereocenters. The largest absolute Gasteiger partial charge is 0.508 e. The molecule has 3 aromatic carbocycles. The molecule has 0 bridgehead atoms. The Labute approximate surface area is 174 Å². The van der Waals surface area contributed by atoms with Crippen LogP contribution in [-0.2, 0) is 6.42 Å². The molecule has 1 heterocycles. The average molecular weight is 399 g/mol. The summed E-state index contributed by atoms with van der Waals surface area (Å²) < 4.78 is 1.56. The van der Waals surface area contributed by atoms with Crippen LogP contribution in [0.15, 0.2) is 79.0 Å². The lowest BCUT2D eigenvalue weighted by Gasteiger charge is -2.07. The second-order valence-electron chi connectivity index (χ2n) is 7.06. The maximum atomic E-state index is 12.7. The molecular weight excluding hydrogens is 378 g/mol. The Balaban J connectivity index is 1.49. The monoisotopic (exact) mass is 399 g/mol. The minimum Gasteiger partial charge on any atom is -0.508 e. The molecule has 0 aliphatic carbocycles. The van der Waals surface area contributed by atoms with Crippen molar-refractivity contribution in [2.75, 3.05) is 0 Å². The average Bonchev–Trinajstić information content (AvgIpc) is 3.25. The van der Waals surface area contributed by atoms with Crippen molar-refractivity contribution in [1.29, 1.82) is 0 Å². The van der Waals surface area contributed by atoms with Crippen LogP contribution >= 0.6 is 0 Å². The van der Waals surface area contributed by atoms with Crippen molar-refractivity contribution in [3.63, 3.8) is 0 Å². The van der Waals surface area contributed by atoms with E-state index in [2.05, 4.69) is 10.3 Å². The molecule has 6 heteroatoms. The maximum absolute atomic E-state index is 12.7. The van der Waals surface area contributed by atoms with Crippen LogP contribution < -0.4 is 0 Å². The van der Waals surface area contributed by atoms with Crippen LogP contribution in [0.5, 0.6) is 11.5 Å². The number of phenolic OH excluding ortho intramolecular Hbond substituents is 2. The maximum Gasteiger partial charge on any atom is 0.166 e. The van der Waals surface area contributed by atoms with Gasteiger partial charge in [0.15, 0.2) is 5.78 Å². The standard InChI is InChI=1S/C24H21N3O3/c28-20-12-9-18(10-13-20)22-16-27(26-25-22)19-11-14-24(30)21(15-19)23(29)8-4-7-17-5-2-1-3-6-17/h1-3,5-6,9-16,28,30H,4,7-8H2. The molecule has 0 atom stereocenters. The molecule has 6 nitrogen and oxygen atoms in total. The fraction of sp³-hybridized carbons (Fsp3) is 0.125. The summed E-state index contributed by atoms with van der Waals surface area (Å²) in [7, 11) is 0. The van der Waals surface area contributed by atoms with E-state index in [-0.39, 0.29) is 22.8 Å². The van der Waals surface area contributed by atoms with Crippen LogP contribution in [0.1, 0.15) is 28.8 Å². The molecule has 30 heavy (non-hydrogen) atoms. The SMILES string of the molecule is O=C(CCCc1ccccc1)c1cc(-n2cc(-c3ccc(O)cc3)nn2)ccc1O. The highest BCUT2D eigenvalue weighted by Crippen LogP contribution is 2.25. The number of carbonyl (C=O) groups is 1. The van der Waals surface area contributed by atoms with Crippen molar-refractivity contribution >= 4 is 5.78 Å². The molecule has 1 aromatic heterocycles. The van der Waals surface area contributed by atoms with Gasteiger partial charge in [0.25, 0.3) is 0 Å². The molecule has 2 N–H and O–H groups in total. The van der Waals surface area contributed by atoms with Crippen LogP contribution in [0.3, 0.4) is 0 Å². The van der Waals surface area contributed by atoms with Crippen molar-refractivity contribution in [1.82, 2.24) is 15.0 Å². The summed E-state index contributed by atoms with van der Waals surface area (Å²) >= 11 is 0. The van der Waals surface area contributed by atoms with Crippen molar-refractivity contribution in [3.05, 3.63) is 90.1 Å². The van der Waals surface area contributed by atoms with Gasteiger partial charge in [-0.1, -0.05) is 35.5 Å². The Hall–Kier alpha value is -3.93. The van der Waals surface area contributed by atoms with Crippen molar-refractivity contribution in [2.24, 2.45) is 0 Å². The topological polar surface area (TPSA) is 88.2 Å². The summed E-state index contributed by atoms with van der Waals surface area (Å²) in [6, 6.07) is 21.5. The molecular formula is C24H21N3O3. The van der Waals surface area contributed by atoms with E-state index < -0.39 is 0 Å². The highest BCUT2D eigenvalue weighted by Gasteiger charge is 2.14. The van der Waals surface area contributed by atoms with E-state index in [1.807, 2.05) is 30.3 Å². The summed E-state index contributed by atoms with van der Waals surface area (Å²) in [5, 5.41) is 27.9. The van der Waals surface area contributed by atoms with Crippen LogP contribution in [0.2, 0.25) is 0 Å². The molecule has 0 radical (unpaired) electrons. The highest BCUT2D eigenvalue weighted by molar-refractivity contribution is 5.99. The molecule has 0 spiro atoms. The normalized spacial score (nSPS) is 10.8. The quantitative estimate of drug-likeness (QED) is 0.445. The van der Waals surface area contributed by atoms with Gasteiger partial charge in [-0.3, -0.25) is 4.79 Å². The minimum atomic E-state index is -0.107. The van der Waals surface area contributed by atoms with Gasteiger partial charge in [-0.25, -0.2) is 4.68 Å². The summed E-state index contributed by atoms with van der Waals surface area (Å²) in [4.78, 5) is 12.7. The van der Waals surface area contributed by atoms with Gasteiger partial charge >= 0.3 is 0 Å². The number of aromatic nitrogens is 3. The van der Waals surface area contributed by atoms with Gasteiger partial charge in [-0.15, -0.1) is 5.10 Å². The number of ketones is 1.